The van der Waals surface area contributed by atoms with Gasteiger partial charge in [0.25, 0.3) is 0 Å². The van der Waals surface area contributed by atoms with Crippen LogP contribution in [0.15, 0.2) is 18.2 Å². The highest BCUT2D eigenvalue weighted by atomic mass is 19.1. The molecule has 1 saturated heterocycles. The van der Waals surface area contributed by atoms with E-state index in [1.54, 1.807) is 4.90 Å². The second kappa shape index (κ2) is 8.67. The Morgan fingerprint density at radius 1 is 1.26 bits per heavy atom. The minimum absolute atomic E-state index is 0.0463. The van der Waals surface area contributed by atoms with Gasteiger partial charge in [0.1, 0.15) is 0 Å². The normalized spacial score (nSPS) is 25.9. The van der Waals surface area contributed by atoms with Crippen LogP contribution in [0.2, 0.25) is 0 Å². The maximum absolute atomic E-state index is 13.4. The number of amides is 2. The van der Waals surface area contributed by atoms with E-state index in [1.165, 1.54) is 12.1 Å². The molecule has 2 fully saturated rings. The Kier molecular flexibility index (Phi) is 6.28. The largest absolute Gasteiger partial charge is 0.505 e. The smallest absolute Gasteiger partial charge is 0.225 e. The minimum atomic E-state index is -0.783. The first-order chi connectivity index (χ1) is 12.9. The van der Waals surface area contributed by atoms with E-state index >= 15 is 0 Å². The summed E-state index contributed by atoms with van der Waals surface area (Å²) in [4.78, 5) is 26.7. The molecule has 1 aromatic carbocycles. The first-order valence-electron chi connectivity index (χ1n) is 9.25. The lowest BCUT2D eigenvalue weighted by Crippen LogP contribution is -2.51. The summed E-state index contributed by atoms with van der Waals surface area (Å²) in [6.07, 6.45) is 0.640. The molecule has 8 heteroatoms. The molecule has 1 aliphatic carbocycles. The van der Waals surface area contributed by atoms with Gasteiger partial charge < -0.3 is 25.2 Å². The van der Waals surface area contributed by atoms with Crippen molar-refractivity contribution in [1.29, 1.82) is 0 Å². The molecule has 0 unspecified atom stereocenters. The van der Waals surface area contributed by atoms with Crippen LogP contribution in [0.5, 0.6) is 5.75 Å². The van der Waals surface area contributed by atoms with Gasteiger partial charge in [-0.3, -0.25) is 9.59 Å². The van der Waals surface area contributed by atoms with Crippen LogP contribution in [0, 0.1) is 11.7 Å². The Morgan fingerprint density at radius 3 is 2.70 bits per heavy atom. The van der Waals surface area contributed by atoms with Crippen molar-refractivity contribution >= 4 is 11.8 Å². The van der Waals surface area contributed by atoms with Crippen LogP contribution in [0.25, 0.3) is 0 Å². The van der Waals surface area contributed by atoms with Crippen LogP contribution in [-0.2, 0) is 20.7 Å². The number of nitrogens with zero attached hydrogens (tertiary/aromatic N) is 1. The van der Waals surface area contributed by atoms with Crippen LogP contribution >= 0.6 is 0 Å². The van der Waals surface area contributed by atoms with Crippen LogP contribution in [-0.4, -0.2) is 65.4 Å². The summed E-state index contributed by atoms with van der Waals surface area (Å²) < 4.78 is 18.7. The number of nitrogens with one attached hydrogen (secondary N) is 1. The zero-order valence-electron chi connectivity index (χ0n) is 15.1. The number of carbonyl (C=O) groups excluding carboxylic acids is 2. The van der Waals surface area contributed by atoms with Gasteiger partial charge in [-0.25, -0.2) is 4.39 Å². The number of phenols is 1. The topological polar surface area (TPSA) is 99.1 Å². The lowest BCUT2D eigenvalue weighted by atomic mass is 9.82. The molecule has 1 aromatic rings. The average Bonchev–Trinajstić information content (AvgIpc) is 2.66. The monoisotopic (exact) mass is 380 g/mol. The summed E-state index contributed by atoms with van der Waals surface area (Å²) in [5.74, 6) is -1.79. The molecule has 7 nitrogen and oxygen atoms in total. The first kappa shape index (κ1) is 19.6. The fraction of sp³-hybridized carbons (Fsp3) is 0.579. The molecule has 148 valence electrons. The highest BCUT2D eigenvalue weighted by molar-refractivity contribution is 5.80. The van der Waals surface area contributed by atoms with Crippen LogP contribution < -0.4 is 5.32 Å². The van der Waals surface area contributed by atoms with E-state index in [0.29, 0.717) is 51.1 Å². The molecule has 3 N–H and O–H groups in total. The number of morpholine rings is 1. The van der Waals surface area contributed by atoms with Crippen molar-refractivity contribution in [2.24, 2.45) is 5.92 Å². The zero-order chi connectivity index (χ0) is 19.4. The van der Waals surface area contributed by atoms with E-state index in [1.807, 2.05) is 0 Å². The lowest BCUT2D eigenvalue weighted by molar-refractivity contribution is -0.142. The summed E-state index contributed by atoms with van der Waals surface area (Å²) in [5, 5.41) is 22.2. The predicted octanol–water partition coefficient (Wildman–Crippen LogP) is 0.578. The van der Waals surface area contributed by atoms with Crippen molar-refractivity contribution in [3.8, 4) is 5.75 Å². The number of halogens is 1. The van der Waals surface area contributed by atoms with E-state index in [-0.39, 0.29) is 24.2 Å². The van der Waals surface area contributed by atoms with E-state index < -0.39 is 23.7 Å². The van der Waals surface area contributed by atoms with Crippen molar-refractivity contribution < 1.29 is 28.9 Å². The number of hydrogen-bond acceptors (Lipinski definition) is 5. The Labute approximate surface area is 157 Å². The summed E-state index contributed by atoms with van der Waals surface area (Å²) in [6, 6.07) is 3.27. The molecule has 1 aliphatic heterocycles. The SMILES string of the molecule is O=C(Cc1ccc(O)c(F)c1)N[C@@H]1C[C@@H](C(=O)N2CCOCC2)CC[C@H]1O. The van der Waals surface area contributed by atoms with Crippen LogP contribution in [0.4, 0.5) is 4.39 Å². The predicted molar refractivity (Wildman–Crippen MR) is 94.4 cm³/mol. The average molecular weight is 380 g/mol. The summed E-state index contributed by atoms with van der Waals surface area (Å²) in [6.45, 7) is 2.21. The van der Waals surface area contributed by atoms with Crippen molar-refractivity contribution in [3.63, 3.8) is 0 Å². The molecule has 0 aromatic heterocycles. The highest BCUT2D eigenvalue weighted by Gasteiger charge is 2.35. The number of ether oxygens (including phenoxy) is 1. The van der Waals surface area contributed by atoms with E-state index in [2.05, 4.69) is 5.32 Å². The van der Waals surface area contributed by atoms with Crippen molar-refractivity contribution in [2.45, 2.75) is 37.8 Å². The van der Waals surface area contributed by atoms with E-state index in [0.717, 1.165) is 6.07 Å². The fourth-order valence-corrected chi connectivity index (χ4v) is 3.68. The van der Waals surface area contributed by atoms with Gasteiger partial charge in [-0.05, 0) is 37.0 Å². The molecule has 27 heavy (non-hydrogen) atoms. The van der Waals surface area contributed by atoms with Gasteiger partial charge in [0.2, 0.25) is 11.8 Å². The lowest BCUT2D eigenvalue weighted by Gasteiger charge is -2.36. The molecule has 2 amide bonds. The van der Waals surface area contributed by atoms with Crippen LogP contribution in [0.3, 0.4) is 0 Å². The Morgan fingerprint density at radius 2 is 2.00 bits per heavy atom. The number of rotatable bonds is 4. The van der Waals surface area contributed by atoms with Gasteiger partial charge in [-0.2, -0.15) is 0 Å². The van der Waals surface area contributed by atoms with Gasteiger partial charge in [0, 0.05) is 19.0 Å². The molecule has 1 heterocycles. The van der Waals surface area contributed by atoms with Crippen molar-refractivity contribution in [3.05, 3.63) is 29.6 Å². The molecule has 3 atom stereocenters. The molecule has 2 aliphatic rings. The molecule has 1 saturated carbocycles. The molecule has 0 radical (unpaired) electrons. The third-order valence-corrected chi connectivity index (χ3v) is 5.21. The van der Waals surface area contributed by atoms with Gasteiger partial charge in [-0.1, -0.05) is 6.07 Å². The number of aliphatic hydroxyl groups is 1. The number of phenolic OH excluding ortho intramolecular Hbond substituents is 1. The molecular weight excluding hydrogens is 355 g/mol. The van der Waals surface area contributed by atoms with Crippen molar-refractivity contribution in [1.82, 2.24) is 10.2 Å². The highest BCUT2D eigenvalue weighted by Crippen LogP contribution is 2.27. The van der Waals surface area contributed by atoms with Gasteiger partial charge in [-0.15, -0.1) is 0 Å². The third kappa shape index (κ3) is 4.95. The summed E-state index contributed by atoms with van der Waals surface area (Å²) >= 11 is 0. The van der Waals surface area contributed by atoms with Gasteiger partial charge in [0.05, 0.1) is 31.8 Å². The maximum atomic E-state index is 13.4. The van der Waals surface area contributed by atoms with Gasteiger partial charge >= 0.3 is 0 Å². The zero-order valence-corrected chi connectivity index (χ0v) is 15.1. The molecule has 0 bridgehead atoms. The standard InChI is InChI=1S/C19H25FN2O5/c20-14-9-12(1-3-16(14)23)10-18(25)21-15-11-13(2-4-17(15)24)19(26)22-5-7-27-8-6-22/h1,3,9,13,15,17,23-24H,2,4-8,10-11H2,(H,21,25)/t13-,15+,17+/m0/s1. The second-order valence-corrected chi connectivity index (χ2v) is 7.15. The molecular formula is C19H25FN2O5. The Bertz CT molecular complexity index is 693. The summed E-state index contributed by atoms with van der Waals surface area (Å²) in [7, 11) is 0. The number of carbonyl (C=O) groups is 2. The minimum Gasteiger partial charge on any atom is -0.505 e. The Balaban J connectivity index is 1.56. The molecule has 3 rings (SSSR count). The number of aromatic hydroxyl groups is 1. The third-order valence-electron chi connectivity index (χ3n) is 5.21. The quantitative estimate of drug-likeness (QED) is 0.710. The van der Waals surface area contributed by atoms with E-state index in [9.17, 15) is 24.2 Å². The van der Waals surface area contributed by atoms with Crippen LogP contribution in [0.1, 0.15) is 24.8 Å². The summed E-state index contributed by atoms with van der Waals surface area (Å²) in [5.41, 5.74) is 0.425. The maximum Gasteiger partial charge on any atom is 0.225 e. The number of hydrogen-bond donors (Lipinski definition) is 3. The van der Waals surface area contributed by atoms with Gasteiger partial charge in [0.15, 0.2) is 11.6 Å². The first-order valence-corrected chi connectivity index (χ1v) is 9.25. The Hall–Kier alpha value is -2.19. The fourth-order valence-electron chi connectivity index (χ4n) is 3.68. The van der Waals surface area contributed by atoms with E-state index in [4.69, 9.17) is 4.74 Å². The van der Waals surface area contributed by atoms with Crippen molar-refractivity contribution in [2.75, 3.05) is 26.3 Å². The second-order valence-electron chi connectivity index (χ2n) is 7.15. The molecule has 0 spiro atoms. The number of benzene rings is 1. The number of aliphatic hydroxyl groups excluding tert-OH is 1.